The average molecular weight is 275 g/mol. The van der Waals surface area contributed by atoms with E-state index in [1.165, 1.54) is 0 Å². The Morgan fingerprint density at radius 3 is 2.95 bits per heavy atom. The Balaban J connectivity index is 2.02. The minimum absolute atomic E-state index is 0.195. The second-order valence-corrected chi connectivity index (χ2v) is 4.32. The summed E-state index contributed by atoms with van der Waals surface area (Å²) in [4.78, 5) is 16.4. The number of aromatic nitrogens is 5. The van der Waals surface area contributed by atoms with Crippen molar-refractivity contribution in [2.75, 3.05) is 11.9 Å². The highest BCUT2D eigenvalue weighted by Gasteiger charge is 2.09. The molecule has 8 nitrogen and oxygen atoms in total. The summed E-state index contributed by atoms with van der Waals surface area (Å²) in [5.74, 6) is 0.949. The van der Waals surface area contributed by atoms with Gasteiger partial charge < -0.3 is 10.6 Å². The maximum absolute atomic E-state index is 12.1. The number of hydrogen-bond donors (Lipinski definition) is 3. The van der Waals surface area contributed by atoms with E-state index in [1.54, 1.807) is 12.1 Å². The van der Waals surface area contributed by atoms with Crippen LogP contribution >= 0.6 is 0 Å². The molecule has 0 aliphatic heterocycles. The number of rotatable bonds is 6. The second-order valence-electron chi connectivity index (χ2n) is 4.32. The summed E-state index contributed by atoms with van der Waals surface area (Å²) in [7, 11) is 0. The SMILES string of the molecule is CCCNc1cc(C(=O)NCc2nn[nH]n2)cc(C)n1. The summed E-state index contributed by atoms with van der Waals surface area (Å²) in [6.07, 6.45) is 0.995. The molecule has 0 atom stereocenters. The van der Waals surface area contributed by atoms with Gasteiger partial charge in [-0.1, -0.05) is 12.1 Å². The Hall–Kier alpha value is -2.51. The number of aromatic amines is 1. The standard InChI is InChI=1S/C12H17N7O/c1-3-4-13-10-6-9(5-8(2)15-10)12(20)14-7-11-16-18-19-17-11/h5-6H,3-4,7H2,1-2H3,(H,13,15)(H,14,20)(H,16,17,18,19). The average Bonchev–Trinajstić information content (AvgIpc) is 2.95. The molecule has 0 radical (unpaired) electrons. The normalized spacial score (nSPS) is 10.3. The molecular weight excluding hydrogens is 258 g/mol. The van der Waals surface area contributed by atoms with Gasteiger partial charge in [-0.15, -0.1) is 10.2 Å². The molecule has 0 aromatic carbocycles. The summed E-state index contributed by atoms with van der Waals surface area (Å²) in [6.45, 7) is 4.98. The van der Waals surface area contributed by atoms with Crippen LogP contribution in [0.2, 0.25) is 0 Å². The van der Waals surface area contributed by atoms with Gasteiger partial charge in [0.2, 0.25) is 0 Å². The first kappa shape index (κ1) is 13.9. The third-order valence-corrected chi connectivity index (χ3v) is 2.57. The Morgan fingerprint density at radius 1 is 1.40 bits per heavy atom. The molecule has 0 saturated heterocycles. The van der Waals surface area contributed by atoms with Gasteiger partial charge in [0.1, 0.15) is 5.82 Å². The predicted octanol–water partition coefficient (Wildman–Crippen LogP) is 0.655. The highest BCUT2D eigenvalue weighted by molar-refractivity contribution is 5.94. The van der Waals surface area contributed by atoms with Crippen molar-refractivity contribution in [1.29, 1.82) is 0 Å². The van der Waals surface area contributed by atoms with Crippen molar-refractivity contribution in [1.82, 2.24) is 30.9 Å². The lowest BCUT2D eigenvalue weighted by Crippen LogP contribution is -2.24. The maximum atomic E-state index is 12.1. The molecule has 0 aliphatic carbocycles. The maximum Gasteiger partial charge on any atom is 0.251 e. The fraction of sp³-hybridized carbons (Fsp3) is 0.417. The van der Waals surface area contributed by atoms with Gasteiger partial charge in [0.25, 0.3) is 5.91 Å². The van der Waals surface area contributed by atoms with Crippen LogP contribution in [0.25, 0.3) is 0 Å². The van der Waals surface area contributed by atoms with Crippen molar-refractivity contribution < 1.29 is 4.79 Å². The highest BCUT2D eigenvalue weighted by Crippen LogP contribution is 2.10. The number of nitrogens with one attached hydrogen (secondary N) is 3. The Morgan fingerprint density at radius 2 is 2.25 bits per heavy atom. The molecule has 3 N–H and O–H groups in total. The van der Waals surface area contributed by atoms with Crippen LogP contribution in [0.4, 0.5) is 5.82 Å². The van der Waals surface area contributed by atoms with Crippen LogP contribution in [0.15, 0.2) is 12.1 Å². The van der Waals surface area contributed by atoms with Gasteiger partial charge in [0.15, 0.2) is 5.82 Å². The molecular formula is C12H17N7O. The van der Waals surface area contributed by atoms with Gasteiger partial charge in [-0.25, -0.2) is 4.98 Å². The van der Waals surface area contributed by atoms with E-state index < -0.39 is 0 Å². The van der Waals surface area contributed by atoms with Crippen LogP contribution in [-0.4, -0.2) is 38.1 Å². The number of carbonyl (C=O) groups excluding carboxylic acids is 1. The first-order valence-corrected chi connectivity index (χ1v) is 6.42. The molecule has 2 aromatic rings. The van der Waals surface area contributed by atoms with Crippen molar-refractivity contribution in [3.8, 4) is 0 Å². The topological polar surface area (TPSA) is 108 Å². The van der Waals surface area contributed by atoms with Crippen LogP contribution < -0.4 is 10.6 Å². The first-order chi connectivity index (χ1) is 9.69. The predicted molar refractivity (Wildman–Crippen MR) is 73.1 cm³/mol. The van der Waals surface area contributed by atoms with Gasteiger partial charge in [-0.05, 0) is 25.5 Å². The molecule has 1 amide bonds. The fourth-order valence-electron chi connectivity index (χ4n) is 1.66. The zero-order chi connectivity index (χ0) is 14.4. The van der Waals surface area contributed by atoms with E-state index in [0.29, 0.717) is 17.2 Å². The van der Waals surface area contributed by atoms with E-state index in [1.807, 2.05) is 6.92 Å². The number of aryl methyl sites for hydroxylation is 1. The van der Waals surface area contributed by atoms with Crippen LogP contribution in [-0.2, 0) is 6.54 Å². The van der Waals surface area contributed by atoms with E-state index in [2.05, 4.69) is 43.2 Å². The molecule has 0 saturated carbocycles. The fourth-order valence-corrected chi connectivity index (χ4v) is 1.66. The number of pyridine rings is 1. The molecule has 20 heavy (non-hydrogen) atoms. The molecule has 2 aromatic heterocycles. The van der Waals surface area contributed by atoms with Crippen LogP contribution in [0.1, 0.15) is 35.2 Å². The Kier molecular flexibility index (Phi) is 4.59. The third-order valence-electron chi connectivity index (χ3n) is 2.57. The van der Waals surface area contributed by atoms with Crippen molar-refractivity contribution in [2.24, 2.45) is 0 Å². The van der Waals surface area contributed by atoms with Crippen LogP contribution in [0, 0.1) is 6.92 Å². The van der Waals surface area contributed by atoms with Crippen molar-refractivity contribution >= 4 is 11.7 Å². The molecule has 2 heterocycles. The number of tetrazole rings is 1. The number of nitrogens with zero attached hydrogens (tertiary/aromatic N) is 4. The Labute approximate surface area is 116 Å². The molecule has 106 valence electrons. The van der Waals surface area contributed by atoms with Crippen molar-refractivity contribution in [2.45, 2.75) is 26.8 Å². The van der Waals surface area contributed by atoms with Gasteiger partial charge >= 0.3 is 0 Å². The molecule has 0 unspecified atom stereocenters. The van der Waals surface area contributed by atoms with Crippen molar-refractivity contribution in [3.63, 3.8) is 0 Å². The van der Waals surface area contributed by atoms with E-state index in [4.69, 9.17) is 0 Å². The minimum Gasteiger partial charge on any atom is -0.370 e. The largest absolute Gasteiger partial charge is 0.370 e. The molecule has 0 aliphatic rings. The molecule has 2 rings (SSSR count). The minimum atomic E-state index is -0.195. The van der Waals surface area contributed by atoms with Crippen LogP contribution in [0.3, 0.4) is 0 Å². The van der Waals surface area contributed by atoms with Gasteiger partial charge in [-0.3, -0.25) is 4.79 Å². The monoisotopic (exact) mass is 275 g/mol. The summed E-state index contributed by atoms with van der Waals surface area (Å²) in [5.41, 5.74) is 1.34. The van der Waals surface area contributed by atoms with E-state index in [0.717, 1.165) is 18.7 Å². The lowest BCUT2D eigenvalue weighted by Gasteiger charge is -2.08. The van der Waals surface area contributed by atoms with Crippen LogP contribution in [0.5, 0.6) is 0 Å². The zero-order valence-electron chi connectivity index (χ0n) is 11.5. The Bertz CT molecular complexity index is 567. The molecule has 0 bridgehead atoms. The molecule has 0 spiro atoms. The van der Waals surface area contributed by atoms with Gasteiger partial charge in [-0.2, -0.15) is 5.21 Å². The third kappa shape index (κ3) is 3.74. The number of H-pyrrole nitrogens is 1. The lowest BCUT2D eigenvalue weighted by molar-refractivity contribution is 0.0949. The van der Waals surface area contributed by atoms with Gasteiger partial charge in [0, 0.05) is 17.8 Å². The molecule has 8 heteroatoms. The summed E-state index contributed by atoms with van der Waals surface area (Å²) in [6, 6.07) is 3.47. The smallest absolute Gasteiger partial charge is 0.251 e. The number of hydrogen-bond acceptors (Lipinski definition) is 6. The second kappa shape index (κ2) is 6.60. The lowest BCUT2D eigenvalue weighted by atomic mass is 10.2. The summed E-state index contributed by atoms with van der Waals surface area (Å²) in [5, 5.41) is 19.2. The number of anilines is 1. The zero-order valence-corrected chi connectivity index (χ0v) is 11.5. The first-order valence-electron chi connectivity index (χ1n) is 6.42. The number of carbonyl (C=O) groups is 1. The quantitative estimate of drug-likeness (QED) is 0.714. The van der Waals surface area contributed by atoms with E-state index in [-0.39, 0.29) is 12.5 Å². The highest BCUT2D eigenvalue weighted by atomic mass is 16.1. The number of amides is 1. The molecule has 0 fully saturated rings. The summed E-state index contributed by atoms with van der Waals surface area (Å²) >= 11 is 0. The summed E-state index contributed by atoms with van der Waals surface area (Å²) < 4.78 is 0. The van der Waals surface area contributed by atoms with Crippen molar-refractivity contribution in [3.05, 3.63) is 29.2 Å². The van der Waals surface area contributed by atoms with Gasteiger partial charge in [0.05, 0.1) is 6.54 Å². The van der Waals surface area contributed by atoms with E-state index >= 15 is 0 Å². The van der Waals surface area contributed by atoms with E-state index in [9.17, 15) is 4.79 Å².